The van der Waals surface area contributed by atoms with Crippen LogP contribution in [0.15, 0.2) is 48.5 Å². The third kappa shape index (κ3) is 3.95. The van der Waals surface area contributed by atoms with Crippen molar-refractivity contribution in [3.8, 4) is 11.5 Å². The lowest BCUT2D eigenvalue weighted by Gasteiger charge is -2.26. The molecule has 0 spiro atoms. The van der Waals surface area contributed by atoms with Gasteiger partial charge in [0, 0.05) is 0 Å². The molecule has 9 nitrogen and oxygen atoms in total. The molecule has 2 aliphatic heterocycles. The summed E-state index contributed by atoms with van der Waals surface area (Å²) < 4.78 is 16.2. The Bertz CT molecular complexity index is 1020. The number of para-hydroxylation sites is 3. The molecule has 0 saturated heterocycles. The fraction of sp³-hybridized carbons (Fsp3) is 0.238. The van der Waals surface area contributed by atoms with E-state index in [9.17, 15) is 19.2 Å². The second-order valence-electron chi connectivity index (χ2n) is 6.70. The van der Waals surface area contributed by atoms with Crippen LogP contribution in [0.2, 0.25) is 0 Å². The lowest BCUT2D eigenvalue weighted by Crippen LogP contribution is -2.42. The molecule has 1 atom stereocenters. The van der Waals surface area contributed by atoms with Crippen molar-refractivity contribution in [2.24, 2.45) is 0 Å². The van der Waals surface area contributed by atoms with Gasteiger partial charge in [-0.3, -0.25) is 24.1 Å². The molecule has 2 aromatic carbocycles. The van der Waals surface area contributed by atoms with Crippen molar-refractivity contribution in [1.29, 1.82) is 0 Å². The standard InChI is InChI=1S/C21H18N2O7/c24-18(22-9-13-11-28-16-7-3-4-8-17(16)30-13)12-29-19(25)10-23-15-6-2-1-5-14(15)20(26)21(23)27/h1-8,13H,9-12H2,(H,22,24)/t13-/m0/s1. The number of fused-ring (bicyclic) bond motifs is 2. The molecule has 0 saturated carbocycles. The highest BCUT2D eigenvalue weighted by atomic mass is 16.6. The number of anilines is 1. The monoisotopic (exact) mass is 410 g/mol. The van der Waals surface area contributed by atoms with Gasteiger partial charge in [-0.15, -0.1) is 0 Å². The molecule has 2 aliphatic rings. The number of benzene rings is 2. The van der Waals surface area contributed by atoms with Crippen molar-refractivity contribution in [2.75, 3.05) is 31.2 Å². The molecule has 0 unspecified atom stereocenters. The third-order valence-corrected chi connectivity index (χ3v) is 4.62. The maximum absolute atomic E-state index is 12.1. The van der Waals surface area contributed by atoms with E-state index in [0.717, 1.165) is 4.90 Å². The van der Waals surface area contributed by atoms with Gasteiger partial charge in [-0.2, -0.15) is 0 Å². The minimum absolute atomic E-state index is 0.178. The van der Waals surface area contributed by atoms with Crippen LogP contribution in [0.25, 0.3) is 0 Å². The van der Waals surface area contributed by atoms with Crippen LogP contribution in [0, 0.1) is 0 Å². The summed E-state index contributed by atoms with van der Waals surface area (Å²) in [5, 5.41) is 2.61. The van der Waals surface area contributed by atoms with Gasteiger partial charge < -0.3 is 19.5 Å². The van der Waals surface area contributed by atoms with E-state index in [2.05, 4.69) is 5.32 Å². The van der Waals surface area contributed by atoms with Gasteiger partial charge in [0.15, 0.2) is 18.1 Å². The molecular formula is C21H18N2O7. The molecule has 0 aliphatic carbocycles. The molecule has 2 amide bonds. The zero-order chi connectivity index (χ0) is 21.1. The molecule has 0 bridgehead atoms. The number of ketones is 1. The number of ether oxygens (including phenoxy) is 3. The number of hydrogen-bond donors (Lipinski definition) is 1. The second-order valence-corrected chi connectivity index (χ2v) is 6.70. The first-order valence-corrected chi connectivity index (χ1v) is 9.29. The molecule has 0 aromatic heterocycles. The average molecular weight is 410 g/mol. The highest BCUT2D eigenvalue weighted by Gasteiger charge is 2.36. The average Bonchev–Trinajstić information content (AvgIpc) is 3.01. The van der Waals surface area contributed by atoms with Crippen LogP contribution in [0.3, 0.4) is 0 Å². The van der Waals surface area contributed by atoms with Crippen LogP contribution in [0.4, 0.5) is 5.69 Å². The quantitative estimate of drug-likeness (QED) is 0.552. The van der Waals surface area contributed by atoms with E-state index in [1.807, 2.05) is 12.1 Å². The molecule has 2 heterocycles. The van der Waals surface area contributed by atoms with Crippen molar-refractivity contribution < 1.29 is 33.4 Å². The molecule has 0 radical (unpaired) electrons. The first-order chi connectivity index (χ1) is 14.5. The van der Waals surface area contributed by atoms with Crippen molar-refractivity contribution in [2.45, 2.75) is 6.10 Å². The molecule has 30 heavy (non-hydrogen) atoms. The van der Waals surface area contributed by atoms with E-state index in [1.54, 1.807) is 30.3 Å². The zero-order valence-electron chi connectivity index (χ0n) is 15.8. The largest absolute Gasteiger partial charge is 0.486 e. The van der Waals surface area contributed by atoms with Crippen LogP contribution in [0.5, 0.6) is 11.5 Å². The summed E-state index contributed by atoms with van der Waals surface area (Å²) in [5.41, 5.74) is 0.591. The SMILES string of the molecule is O=C(COC(=O)CN1C(=O)C(=O)c2ccccc21)NC[C@H]1COc2ccccc2O1. The van der Waals surface area contributed by atoms with E-state index in [1.165, 1.54) is 6.07 Å². The topological polar surface area (TPSA) is 111 Å². The van der Waals surface area contributed by atoms with Gasteiger partial charge in [0.05, 0.1) is 17.8 Å². The Balaban J connectivity index is 1.22. The van der Waals surface area contributed by atoms with Crippen molar-refractivity contribution in [3.05, 3.63) is 54.1 Å². The van der Waals surface area contributed by atoms with Crippen LogP contribution in [0.1, 0.15) is 10.4 Å². The second kappa shape index (κ2) is 8.24. The fourth-order valence-electron chi connectivity index (χ4n) is 3.17. The predicted octanol–water partition coefficient (Wildman–Crippen LogP) is 0.715. The van der Waals surface area contributed by atoms with Crippen LogP contribution in [-0.2, 0) is 19.1 Å². The number of rotatable bonds is 6. The Morgan fingerprint density at radius 1 is 1.07 bits per heavy atom. The minimum Gasteiger partial charge on any atom is -0.486 e. The summed E-state index contributed by atoms with van der Waals surface area (Å²) in [6, 6.07) is 13.6. The molecule has 1 N–H and O–H groups in total. The number of carbonyl (C=O) groups is 4. The Labute approximate surface area is 171 Å². The van der Waals surface area contributed by atoms with Gasteiger partial charge in [0.2, 0.25) is 0 Å². The summed E-state index contributed by atoms with van der Waals surface area (Å²) in [6.45, 7) is -0.509. The van der Waals surface area contributed by atoms with Gasteiger partial charge in [-0.1, -0.05) is 24.3 Å². The molecular weight excluding hydrogens is 392 g/mol. The molecule has 154 valence electrons. The van der Waals surface area contributed by atoms with Crippen molar-refractivity contribution in [3.63, 3.8) is 0 Å². The smallest absolute Gasteiger partial charge is 0.326 e. The number of nitrogens with zero attached hydrogens (tertiary/aromatic N) is 1. The molecule has 2 aromatic rings. The number of carbonyl (C=O) groups excluding carboxylic acids is 4. The molecule has 9 heteroatoms. The Kier molecular flexibility index (Phi) is 5.34. The zero-order valence-corrected chi connectivity index (χ0v) is 15.8. The highest BCUT2D eigenvalue weighted by Crippen LogP contribution is 2.30. The highest BCUT2D eigenvalue weighted by molar-refractivity contribution is 6.52. The number of Topliss-reactive ketones (excluding diaryl/α,β-unsaturated/α-hetero) is 1. The van der Waals surface area contributed by atoms with E-state index in [0.29, 0.717) is 17.2 Å². The van der Waals surface area contributed by atoms with E-state index in [4.69, 9.17) is 14.2 Å². The first-order valence-electron chi connectivity index (χ1n) is 9.29. The Morgan fingerprint density at radius 3 is 2.63 bits per heavy atom. The Morgan fingerprint density at radius 2 is 1.80 bits per heavy atom. The van der Waals surface area contributed by atoms with Crippen molar-refractivity contribution in [1.82, 2.24) is 5.32 Å². The van der Waals surface area contributed by atoms with Crippen LogP contribution in [-0.4, -0.2) is 56.0 Å². The molecule has 0 fully saturated rings. The number of nitrogens with one attached hydrogen (secondary N) is 1. The maximum Gasteiger partial charge on any atom is 0.326 e. The van der Waals surface area contributed by atoms with E-state index < -0.39 is 36.7 Å². The van der Waals surface area contributed by atoms with Gasteiger partial charge in [-0.05, 0) is 24.3 Å². The van der Waals surface area contributed by atoms with Gasteiger partial charge >= 0.3 is 5.97 Å². The number of hydrogen-bond acceptors (Lipinski definition) is 7. The van der Waals surface area contributed by atoms with E-state index in [-0.39, 0.29) is 24.8 Å². The third-order valence-electron chi connectivity index (χ3n) is 4.62. The maximum atomic E-state index is 12.1. The number of amides is 2. The summed E-state index contributed by atoms with van der Waals surface area (Å²) in [6.07, 6.45) is -0.371. The summed E-state index contributed by atoms with van der Waals surface area (Å²) in [7, 11) is 0. The van der Waals surface area contributed by atoms with E-state index >= 15 is 0 Å². The lowest BCUT2D eigenvalue weighted by atomic mass is 10.1. The van der Waals surface area contributed by atoms with Crippen LogP contribution < -0.4 is 19.7 Å². The summed E-state index contributed by atoms with van der Waals surface area (Å²) >= 11 is 0. The lowest BCUT2D eigenvalue weighted by molar-refractivity contribution is -0.147. The van der Waals surface area contributed by atoms with Crippen molar-refractivity contribution >= 4 is 29.3 Å². The Hall–Kier alpha value is -3.88. The van der Waals surface area contributed by atoms with Gasteiger partial charge in [-0.25, -0.2) is 0 Å². The van der Waals surface area contributed by atoms with Crippen LogP contribution >= 0.6 is 0 Å². The normalized spacial score (nSPS) is 16.8. The minimum atomic E-state index is -0.799. The summed E-state index contributed by atoms with van der Waals surface area (Å²) in [4.78, 5) is 49.1. The fourth-order valence-corrected chi connectivity index (χ4v) is 3.17. The summed E-state index contributed by atoms with van der Waals surface area (Å²) in [5.74, 6) is -1.55. The molecule has 4 rings (SSSR count). The first kappa shape index (κ1) is 19.4. The predicted molar refractivity (Wildman–Crippen MR) is 103 cm³/mol. The number of esters is 1. The van der Waals surface area contributed by atoms with Gasteiger partial charge in [0.1, 0.15) is 19.3 Å². The van der Waals surface area contributed by atoms with Gasteiger partial charge in [0.25, 0.3) is 17.6 Å².